The lowest BCUT2D eigenvalue weighted by Gasteiger charge is -2.20. The molecule has 0 aliphatic carbocycles. The molecule has 0 unspecified atom stereocenters. The van der Waals surface area contributed by atoms with Crippen molar-refractivity contribution in [2.75, 3.05) is 18.4 Å². The van der Waals surface area contributed by atoms with Crippen molar-refractivity contribution in [1.82, 2.24) is 4.90 Å². The fraction of sp³-hybridized carbons (Fsp3) is 0.286. The fourth-order valence-electron chi connectivity index (χ4n) is 1.62. The number of benzene rings is 1. The highest BCUT2D eigenvalue weighted by molar-refractivity contribution is 5.95. The van der Waals surface area contributed by atoms with E-state index in [2.05, 4.69) is 11.2 Å². The maximum Gasteiger partial charge on any atom is 0.339 e. The number of hydrogen-bond acceptors (Lipinski definition) is 3. The molecule has 6 nitrogen and oxygen atoms in total. The summed E-state index contributed by atoms with van der Waals surface area (Å²) in [5, 5.41) is 20.8. The highest BCUT2D eigenvalue weighted by Gasteiger charge is 2.14. The van der Waals surface area contributed by atoms with Gasteiger partial charge in [-0.2, -0.15) is 0 Å². The fourth-order valence-corrected chi connectivity index (χ4v) is 1.62. The number of urea groups is 1. The zero-order chi connectivity index (χ0) is 15.1. The van der Waals surface area contributed by atoms with Crippen molar-refractivity contribution in [2.45, 2.75) is 13.3 Å². The van der Waals surface area contributed by atoms with Crippen molar-refractivity contribution < 1.29 is 19.8 Å². The molecule has 1 aromatic carbocycles. The van der Waals surface area contributed by atoms with Crippen molar-refractivity contribution in [2.24, 2.45) is 0 Å². The van der Waals surface area contributed by atoms with Gasteiger partial charge in [0.25, 0.3) is 0 Å². The van der Waals surface area contributed by atoms with E-state index in [4.69, 9.17) is 11.5 Å². The molecule has 0 saturated carbocycles. The molecule has 0 bridgehead atoms. The minimum Gasteiger partial charge on any atom is -0.507 e. The monoisotopic (exact) mass is 276 g/mol. The molecule has 2 amide bonds. The van der Waals surface area contributed by atoms with E-state index in [1.165, 1.54) is 23.1 Å². The van der Waals surface area contributed by atoms with Crippen LogP contribution in [0.15, 0.2) is 18.2 Å². The molecule has 0 aliphatic rings. The van der Waals surface area contributed by atoms with Crippen LogP contribution in [0.2, 0.25) is 0 Å². The number of terminal acetylenes is 1. The molecule has 20 heavy (non-hydrogen) atoms. The summed E-state index contributed by atoms with van der Waals surface area (Å²) in [5.74, 6) is 0.761. The molecule has 0 heterocycles. The van der Waals surface area contributed by atoms with Crippen molar-refractivity contribution in [3.8, 4) is 18.1 Å². The van der Waals surface area contributed by atoms with Crippen molar-refractivity contribution in [3.63, 3.8) is 0 Å². The van der Waals surface area contributed by atoms with Gasteiger partial charge in [0, 0.05) is 12.2 Å². The highest BCUT2D eigenvalue weighted by atomic mass is 16.4. The first-order chi connectivity index (χ1) is 9.49. The molecule has 0 aromatic heterocycles. The number of carbonyl (C=O) groups is 2. The third kappa shape index (κ3) is 3.92. The van der Waals surface area contributed by atoms with Gasteiger partial charge in [-0.1, -0.05) is 12.8 Å². The van der Waals surface area contributed by atoms with Crippen LogP contribution in [-0.2, 0) is 0 Å². The van der Waals surface area contributed by atoms with Crippen LogP contribution in [0.1, 0.15) is 23.7 Å². The van der Waals surface area contributed by atoms with Gasteiger partial charge in [0.2, 0.25) is 0 Å². The second-order valence-corrected chi connectivity index (χ2v) is 4.09. The average Bonchev–Trinajstić information content (AvgIpc) is 2.40. The largest absolute Gasteiger partial charge is 0.507 e. The Morgan fingerprint density at radius 3 is 2.70 bits per heavy atom. The van der Waals surface area contributed by atoms with Crippen molar-refractivity contribution >= 4 is 17.7 Å². The Hall–Kier alpha value is -2.68. The molecule has 1 rings (SSSR count). The number of aromatic carboxylic acids is 1. The van der Waals surface area contributed by atoms with Crippen LogP contribution in [0.3, 0.4) is 0 Å². The van der Waals surface area contributed by atoms with Gasteiger partial charge < -0.3 is 20.4 Å². The Morgan fingerprint density at radius 1 is 1.45 bits per heavy atom. The van der Waals surface area contributed by atoms with Crippen LogP contribution >= 0.6 is 0 Å². The number of aromatic hydroxyl groups is 1. The van der Waals surface area contributed by atoms with Gasteiger partial charge in [-0.05, 0) is 24.6 Å². The predicted molar refractivity (Wildman–Crippen MR) is 74.8 cm³/mol. The number of carboxylic acid groups (broad SMARTS) is 1. The van der Waals surface area contributed by atoms with Gasteiger partial charge in [-0.3, -0.25) is 0 Å². The number of rotatable bonds is 5. The Bertz CT molecular complexity index is 549. The van der Waals surface area contributed by atoms with E-state index in [1.54, 1.807) is 0 Å². The summed E-state index contributed by atoms with van der Waals surface area (Å²) >= 11 is 0. The van der Waals surface area contributed by atoms with Gasteiger partial charge >= 0.3 is 12.0 Å². The van der Waals surface area contributed by atoms with Crippen LogP contribution in [0, 0.1) is 12.3 Å². The smallest absolute Gasteiger partial charge is 0.339 e. The van der Waals surface area contributed by atoms with Crippen LogP contribution in [-0.4, -0.2) is 40.2 Å². The Labute approximate surface area is 117 Å². The second-order valence-electron chi connectivity index (χ2n) is 4.09. The molecule has 0 radical (unpaired) electrons. The molecular weight excluding hydrogens is 260 g/mol. The predicted octanol–water partition coefficient (Wildman–Crippen LogP) is 1.97. The first-order valence-corrected chi connectivity index (χ1v) is 6.05. The molecule has 3 N–H and O–H groups in total. The summed E-state index contributed by atoms with van der Waals surface area (Å²) in [5.41, 5.74) is 0.00474. The van der Waals surface area contributed by atoms with Crippen molar-refractivity contribution in [1.29, 1.82) is 0 Å². The third-order valence-corrected chi connectivity index (χ3v) is 2.54. The molecular formula is C14H16N2O4. The number of amides is 2. The quantitative estimate of drug-likeness (QED) is 0.566. The van der Waals surface area contributed by atoms with Crippen LogP contribution < -0.4 is 5.32 Å². The number of carboxylic acids is 1. The number of nitrogens with zero attached hydrogens (tertiary/aromatic N) is 1. The zero-order valence-electron chi connectivity index (χ0n) is 11.1. The minimum absolute atomic E-state index is 0.170. The van der Waals surface area contributed by atoms with Gasteiger partial charge in [-0.25, -0.2) is 9.59 Å². The molecule has 6 heteroatoms. The summed E-state index contributed by atoms with van der Waals surface area (Å²) in [6.45, 7) is 2.59. The highest BCUT2D eigenvalue weighted by Crippen LogP contribution is 2.21. The Kier molecular flexibility index (Phi) is 5.42. The molecule has 0 fully saturated rings. The standard InChI is InChI=1S/C14H16N2O4/c1-3-7-16(8-4-2)14(20)15-10-5-6-12(17)11(9-10)13(18)19/h1,5-6,9,17H,4,7-8H2,2H3,(H,15,20)(H,18,19). The van der Waals surface area contributed by atoms with Crippen molar-refractivity contribution in [3.05, 3.63) is 23.8 Å². The average molecular weight is 276 g/mol. The van der Waals surface area contributed by atoms with E-state index < -0.39 is 12.0 Å². The minimum atomic E-state index is -1.27. The number of carbonyl (C=O) groups excluding carboxylic acids is 1. The summed E-state index contributed by atoms with van der Waals surface area (Å²) in [6, 6.07) is 3.41. The number of phenols is 1. The summed E-state index contributed by atoms with van der Waals surface area (Å²) in [4.78, 5) is 24.3. The van der Waals surface area contributed by atoms with Gasteiger partial charge in [0.15, 0.2) is 0 Å². The lowest BCUT2D eigenvalue weighted by Crippen LogP contribution is -2.35. The zero-order valence-corrected chi connectivity index (χ0v) is 11.1. The normalized spacial score (nSPS) is 9.60. The maximum absolute atomic E-state index is 12.0. The first kappa shape index (κ1) is 15.4. The number of nitrogens with one attached hydrogen (secondary N) is 1. The number of hydrogen-bond donors (Lipinski definition) is 3. The van der Waals surface area contributed by atoms with Crippen LogP contribution in [0.25, 0.3) is 0 Å². The van der Waals surface area contributed by atoms with Crippen LogP contribution in [0.5, 0.6) is 5.75 Å². The Balaban J connectivity index is 2.87. The van der Waals surface area contributed by atoms with Crippen LogP contribution in [0.4, 0.5) is 10.5 Å². The lowest BCUT2D eigenvalue weighted by molar-refractivity contribution is 0.0693. The molecule has 0 atom stereocenters. The van der Waals surface area contributed by atoms with E-state index in [-0.39, 0.29) is 23.5 Å². The maximum atomic E-state index is 12.0. The molecule has 0 aliphatic heterocycles. The first-order valence-electron chi connectivity index (χ1n) is 6.05. The van der Waals surface area contributed by atoms with Gasteiger partial charge in [0.1, 0.15) is 11.3 Å². The lowest BCUT2D eigenvalue weighted by atomic mass is 10.2. The van der Waals surface area contributed by atoms with E-state index >= 15 is 0 Å². The molecule has 0 saturated heterocycles. The van der Waals surface area contributed by atoms with Gasteiger partial charge in [0.05, 0.1) is 6.54 Å². The molecule has 106 valence electrons. The third-order valence-electron chi connectivity index (χ3n) is 2.54. The number of anilines is 1. The van der Waals surface area contributed by atoms with E-state index in [0.29, 0.717) is 6.54 Å². The van der Waals surface area contributed by atoms with Gasteiger partial charge in [-0.15, -0.1) is 6.42 Å². The molecule has 1 aromatic rings. The summed E-state index contributed by atoms with van der Waals surface area (Å²) < 4.78 is 0. The Morgan fingerprint density at radius 2 is 2.15 bits per heavy atom. The topological polar surface area (TPSA) is 89.9 Å². The van der Waals surface area contributed by atoms with E-state index in [9.17, 15) is 14.7 Å². The molecule has 0 spiro atoms. The van der Waals surface area contributed by atoms with E-state index in [1.807, 2.05) is 6.92 Å². The SMILES string of the molecule is C#CCN(CCC)C(=O)Nc1ccc(O)c(C(=O)O)c1. The summed E-state index contributed by atoms with van der Waals surface area (Å²) in [6.07, 6.45) is 5.95. The summed E-state index contributed by atoms with van der Waals surface area (Å²) in [7, 11) is 0. The van der Waals surface area contributed by atoms with E-state index in [0.717, 1.165) is 6.42 Å². The second kappa shape index (κ2) is 7.04.